The molecule has 1 aliphatic carbocycles. The van der Waals surface area contributed by atoms with E-state index in [-0.39, 0.29) is 12.0 Å². The van der Waals surface area contributed by atoms with Crippen LogP contribution in [-0.2, 0) is 9.53 Å². The lowest BCUT2D eigenvalue weighted by atomic mass is 9.83. The molecule has 18 heavy (non-hydrogen) atoms. The van der Waals surface area contributed by atoms with Gasteiger partial charge in [-0.2, -0.15) is 0 Å². The summed E-state index contributed by atoms with van der Waals surface area (Å²) < 4.78 is 5.12. The Labute approximate surface area is 111 Å². The van der Waals surface area contributed by atoms with Gasteiger partial charge in [0.25, 0.3) is 0 Å². The van der Waals surface area contributed by atoms with E-state index in [0.717, 1.165) is 18.8 Å². The quantitative estimate of drug-likeness (QED) is 0.730. The molecule has 4 nitrogen and oxygen atoms in total. The Morgan fingerprint density at radius 2 is 2.06 bits per heavy atom. The lowest BCUT2D eigenvalue weighted by Gasteiger charge is -2.29. The fraction of sp³-hybridized carbons (Fsp3) is 0.929. The minimum atomic E-state index is -0.151. The number of amides is 1. The molecular formula is C14H28N2O2. The van der Waals surface area contributed by atoms with Crippen LogP contribution in [0.1, 0.15) is 51.9 Å². The summed E-state index contributed by atoms with van der Waals surface area (Å²) in [5, 5.41) is 3.11. The monoisotopic (exact) mass is 256 g/mol. The van der Waals surface area contributed by atoms with E-state index in [9.17, 15) is 4.79 Å². The van der Waals surface area contributed by atoms with Crippen molar-refractivity contribution in [1.82, 2.24) is 5.32 Å². The number of nitrogens with one attached hydrogen (secondary N) is 1. The lowest BCUT2D eigenvalue weighted by Crippen LogP contribution is -2.40. The zero-order valence-corrected chi connectivity index (χ0v) is 11.8. The van der Waals surface area contributed by atoms with Gasteiger partial charge in [0, 0.05) is 19.7 Å². The van der Waals surface area contributed by atoms with Gasteiger partial charge in [0.1, 0.15) is 0 Å². The third-order valence-electron chi connectivity index (χ3n) is 3.92. The average molecular weight is 256 g/mol. The highest BCUT2D eigenvalue weighted by Gasteiger charge is 2.22. The van der Waals surface area contributed by atoms with Crippen molar-refractivity contribution in [3.8, 4) is 0 Å². The molecule has 3 N–H and O–H groups in total. The van der Waals surface area contributed by atoms with Crippen molar-refractivity contribution >= 4 is 5.91 Å². The van der Waals surface area contributed by atoms with Gasteiger partial charge in [0.15, 0.2) is 0 Å². The Bertz CT molecular complexity index is 234. The number of hydrogen-bond acceptors (Lipinski definition) is 3. The predicted molar refractivity (Wildman–Crippen MR) is 73.3 cm³/mol. The fourth-order valence-corrected chi connectivity index (χ4v) is 2.76. The molecule has 0 spiro atoms. The van der Waals surface area contributed by atoms with Crippen LogP contribution < -0.4 is 11.1 Å². The summed E-state index contributed by atoms with van der Waals surface area (Å²) in [5.74, 6) is 0.949. The second-order valence-corrected chi connectivity index (χ2v) is 5.37. The molecule has 0 bridgehead atoms. The van der Waals surface area contributed by atoms with E-state index in [1.54, 1.807) is 7.11 Å². The summed E-state index contributed by atoms with van der Waals surface area (Å²) in [6, 6.07) is 0.362. The molecule has 1 amide bonds. The maximum atomic E-state index is 11.8. The van der Waals surface area contributed by atoms with E-state index >= 15 is 0 Å². The Hall–Kier alpha value is -0.610. The highest BCUT2D eigenvalue weighted by molar-refractivity contribution is 5.76. The van der Waals surface area contributed by atoms with Gasteiger partial charge in [0.2, 0.25) is 5.91 Å². The minimum Gasteiger partial charge on any atom is -0.380 e. The first-order valence-electron chi connectivity index (χ1n) is 7.21. The van der Waals surface area contributed by atoms with Crippen LogP contribution in [0.2, 0.25) is 0 Å². The molecule has 4 heteroatoms. The van der Waals surface area contributed by atoms with Crippen molar-refractivity contribution in [2.75, 3.05) is 13.7 Å². The van der Waals surface area contributed by atoms with Crippen molar-refractivity contribution in [3.63, 3.8) is 0 Å². The normalized spacial score (nSPS) is 25.7. The first kappa shape index (κ1) is 15.4. The second kappa shape index (κ2) is 8.48. The molecule has 0 saturated heterocycles. The Balaban J connectivity index is 2.21. The fourth-order valence-electron chi connectivity index (χ4n) is 2.76. The Morgan fingerprint density at radius 3 is 2.56 bits per heavy atom. The molecule has 1 saturated carbocycles. The summed E-state index contributed by atoms with van der Waals surface area (Å²) in [6.07, 6.45) is 7.58. The Kier molecular flexibility index (Phi) is 7.28. The van der Waals surface area contributed by atoms with E-state index in [2.05, 4.69) is 12.2 Å². The summed E-state index contributed by atoms with van der Waals surface area (Å²) in [5.41, 5.74) is 5.51. The first-order valence-corrected chi connectivity index (χ1v) is 7.21. The smallest absolute Gasteiger partial charge is 0.222 e. The molecule has 1 fully saturated rings. The standard InChI is InChI=1S/C14H28N2O2/c1-3-4-11-5-7-12(8-6-11)16-14(17)9-13(10-15)18-2/h11-13H,3-10,15H2,1-2H3,(H,16,17). The highest BCUT2D eigenvalue weighted by atomic mass is 16.5. The SMILES string of the molecule is CCCC1CCC(NC(=O)CC(CN)OC)CC1. The highest BCUT2D eigenvalue weighted by Crippen LogP contribution is 2.27. The van der Waals surface area contributed by atoms with Crippen LogP contribution in [0.5, 0.6) is 0 Å². The van der Waals surface area contributed by atoms with Crippen LogP contribution in [0, 0.1) is 5.92 Å². The maximum Gasteiger partial charge on any atom is 0.222 e. The predicted octanol–water partition coefficient (Wildman–Crippen LogP) is 1.83. The molecule has 1 atom stereocenters. The second-order valence-electron chi connectivity index (χ2n) is 5.37. The van der Waals surface area contributed by atoms with Crippen molar-refractivity contribution in [1.29, 1.82) is 0 Å². The molecule has 0 aliphatic heterocycles. The first-order chi connectivity index (χ1) is 8.69. The molecule has 1 rings (SSSR count). The zero-order valence-electron chi connectivity index (χ0n) is 11.8. The van der Waals surface area contributed by atoms with Crippen LogP contribution in [0.15, 0.2) is 0 Å². The average Bonchev–Trinajstić information content (AvgIpc) is 2.38. The zero-order chi connectivity index (χ0) is 13.4. The number of carbonyl (C=O) groups is 1. The van der Waals surface area contributed by atoms with Gasteiger partial charge in [-0.25, -0.2) is 0 Å². The van der Waals surface area contributed by atoms with Crippen molar-refractivity contribution in [3.05, 3.63) is 0 Å². The summed E-state index contributed by atoms with van der Waals surface area (Å²) in [4.78, 5) is 11.8. The van der Waals surface area contributed by atoms with E-state index in [1.807, 2.05) is 0 Å². The van der Waals surface area contributed by atoms with Gasteiger partial charge < -0.3 is 15.8 Å². The van der Waals surface area contributed by atoms with Crippen molar-refractivity contribution < 1.29 is 9.53 Å². The minimum absolute atomic E-state index is 0.0752. The molecule has 0 aromatic heterocycles. The molecule has 0 aromatic carbocycles. The van der Waals surface area contributed by atoms with Gasteiger partial charge in [-0.1, -0.05) is 19.8 Å². The van der Waals surface area contributed by atoms with Gasteiger partial charge in [-0.05, 0) is 31.6 Å². The van der Waals surface area contributed by atoms with Crippen LogP contribution in [0.3, 0.4) is 0 Å². The number of methoxy groups -OCH3 is 1. The van der Waals surface area contributed by atoms with Crippen LogP contribution in [0.4, 0.5) is 0 Å². The third-order valence-corrected chi connectivity index (χ3v) is 3.92. The van der Waals surface area contributed by atoms with Gasteiger partial charge in [-0.15, -0.1) is 0 Å². The van der Waals surface area contributed by atoms with E-state index in [4.69, 9.17) is 10.5 Å². The van der Waals surface area contributed by atoms with Crippen LogP contribution in [-0.4, -0.2) is 31.7 Å². The summed E-state index contributed by atoms with van der Waals surface area (Å²) in [7, 11) is 1.60. The summed E-state index contributed by atoms with van der Waals surface area (Å²) in [6.45, 7) is 2.64. The van der Waals surface area contributed by atoms with Crippen molar-refractivity contribution in [2.24, 2.45) is 11.7 Å². The molecule has 106 valence electrons. The molecule has 0 aromatic rings. The topological polar surface area (TPSA) is 64.4 Å². The Morgan fingerprint density at radius 1 is 1.39 bits per heavy atom. The lowest BCUT2D eigenvalue weighted by molar-refractivity contribution is -0.124. The molecule has 0 radical (unpaired) electrons. The van der Waals surface area contributed by atoms with Crippen molar-refractivity contribution in [2.45, 2.75) is 64.0 Å². The maximum absolute atomic E-state index is 11.8. The van der Waals surface area contributed by atoms with Crippen LogP contribution in [0.25, 0.3) is 0 Å². The number of nitrogens with two attached hydrogens (primary N) is 1. The number of hydrogen-bond donors (Lipinski definition) is 2. The largest absolute Gasteiger partial charge is 0.380 e. The van der Waals surface area contributed by atoms with Gasteiger partial charge in [0.05, 0.1) is 12.5 Å². The summed E-state index contributed by atoms with van der Waals surface area (Å²) >= 11 is 0. The molecule has 1 aliphatic rings. The number of carbonyl (C=O) groups excluding carboxylic acids is 1. The van der Waals surface area contributed by atoms with Gasteiger partial charge >= 0.3 is 0 Å². The van der Waals surface area contributed by atoms with Gasteiger partial charge in [-0.3, -0.25) is 4.79 Å². The third kappa shape index (κ3) is 5.36. The van der Waals surface area contributed by atoms with Crippen LogP contribution >= 0.6 is 0 Å². The van der Waals surface area contributed by atoms with E-state index in [1.165, 1.54) is 25.7 Å². The number of rotatable bonds is 7. The molecular weight excluding hydrogens is 228 g/mol. The number of ether oxygens (including phenoxy) is 1. The molecule has 1 unspecified atom stereocenters. The van der Waals surface area contributed by atoms with E-state index in [0.29, 0.717) is 19.0 Å². The van der Waals surface area contributed by atoms with E-state index < -0.39 is 0 Å². The molecule has 0 heterocycles.